The molecule has 27 heavy (non-hydrogen) atoms. The topological polar surface area (TPSA) is 116 Å². The number of carbonyl (C=O) groups is 1. The number of fused-ring (bicyclic) bond motifs is 1. The van der Waals surface area contributed by atoms with Crippen LogP contribution in [-0.4, -0.2) is 23.0 Å². The van der Waals surface area contributed by atoms with E-state index in [0.29, 0.717) is 17.7 Å². The summed E-state index contributed by atoms with van der Waals surface area (Å²) in [6.45, 7) is 3.63. The number of aliphatic hydroxyl groups is 1. The van der Waals surface area contributed by atoms with Crippen LogP contribution in [0.5, 0.6) is 0 Å². The minimum Gasteiger partial charge on any atom is -0.505 e. The van der Waals surface area contributed by atoms with E-state index in [4.69, 9.17) is 9.15 Å². The molecule has 0 bridgehead atoms. The Hall–Kier alpha value is -3.53. The lowest BCUT2D eigenvalue weighted by Gasteiger charge is -2.05. The van der Waals surface area contributed by atoms with Crippen LogP contribution in [-0.2, 0) is 4.74 Å². The van der Waals surface area contributed by atoms with E-state index in [2.05, 4.69) is 4.98 Å². The minimum atomic E-state index is -0.611. The summed E-state index contributed by atoms with van der Waals surface area (Å²) in [5.74, 6) is -0.929. The van der Waals surface area contributed by atoms with Crippen LogP contribution in [0.2, 0.25) is 0 Å². The van der Waals surface area contributed by atoms with Crippen LogP contribution in [0.3, 0.4) is 0 Å². The fraction of sp³-hybridized carbons (Fsp3) is 0.250. The first-order chi connectivity index (χ1) is 12.9. The summed E-state index contributed by atoms with van der Waals surface area (Å²) in [5, 5.41) is 19.3. The van der Waals surface area contributed by atoms with Crippen molar-refractivity contribution in [3.8, 4) is 6.07 Å². The summed E-state index contributed by atoms with van der Waals surface area (Å²) in [7, 11) is 1.47. The molecule has 0 radical (unpaired) electrons. The maximum Gasteiger partial charge on any atom is 0.417 e. The number of aromatic amines is 1. The van der Waals surface area contributed by atoms with Crippen molar-refractivity contribution in [2.75, 3.05) is 7.11 Å². The molecule has 0 aliphatic carbocycles. The summed E-state index contributed by atoms with van der Waals surface area (Å²) in [6.07, 6.45) is 5.17. The zero-order chi connectivity index (χ0) is 20.0. The first kappa shape index (κ1) is 19.8. The monoisotopic (exact) mass is 368 g/mol. The Morgan fingerprint density at radius 3 is 2.85 bits per heavy atom. The number of oxazole rings is 1. The normalized spacial score (nSPS) is 14.1. The standard InChI is InChI=1S/C20H20N2O5/c1-4-17(26-3)16(23)8-5-12(2)9-14(11-21)19(24)13-6-7-15-18(10-13)27-20(25)22-15/h5-10,12,23H,4H2,1-3H3,(H,22,25)/b8-5-,14-9+,17-16-. The van der Waals surface area contributed by atoms with Crippen LogP contribution >= 0.6 is 0 Å². The van der Waals surface area contributed by atoms with Crippen LogP contribution < -0.4 is 5.76 Å². The number of Topliss-reactive ketones (excluding diaryl/α,β-unsaturated/α-hetero) is 1. The molecular weight excluding hydrogens is 348 g/mol. The van der Waals surface area contributed by atoms with Gasteiger partial charge in [0.2, 0.25) is 5.78 Å². The third kappa shape index (κ3) is 4.76. The van der Waals surface area contributed by atoms with E-state index in [9.17, 15) is 20.0 Å². The number of aromatic nitrogens is 1. The van der Waals surface area contributed by atoms with Crippen LogP contribution in [0.15, 0.2) is 62.7 Å². The summed E-state index contributed by atoms with van der Waals surface area (Å²) < 4.78 is 9.99. The second-order valence-corrected chi connectivity index (χ2v) is 5.83. The lowest BCUT2D eigenvalue weighted by molar-refractivity contribution is 0.103. The molecule has 1 aromatic carbocycles. The Balaban J connectivity index is 2.25. The molecule has 0 saturated carbocycles. The number of hydrogen-bond donors (Lipinski definition) is 2. The number of allylic oxidation sites excluding steroid dienone is 5. The molecule has 1 aromatic heterocycles. The lowest BCUT2D eigenvalue weighted by atomic mass is 9.99. The van der Waals surface area contributed by atoms with Crippen LogP contribution in [0, 0.1) is 17.2 Å². The molecule has 0 spiro atoms. The number of benzene rings is 1. The van der Waals surface area contributed by atoms with Crippen molar-refractivity contribution < 1.29 is 19.1 Å². The minimum absolute atomic E-state index is 0.00183. The summed E-state index contributed by atoms with van der Waals surface area (Å²) in [4.78, 5) is 26.3. The summed E-state index contributed by atoms with van der Waals surface area (Å²) in [5.41, 5.74) is 0.917. The van der Waals surface area contributed by atoms with Gasteiger partial charge in [0.25, 0.3) is 0 Å². The predicted molar refractivity (Wildman–Crippen MR) is 100 cm³/mol. The van der Waals surface area contributed by atoms with Gasteiger partial charge in [-0.05, 0) is 30.2 Å². The number of nitrogens with zero attached hydrogens (tertiary/aromatic N) is 1. The van der Waals surface area contributed by atoms with Crippen LogP contribution in [0.1, 0.15) is 30.6 Å². The molecule has 7 heteroatoms. The van der Waals surface area contributed by atoms with E-state index >= 15 is 0 Å². The third-order valence-corrected chi connectivity index (χ3v) is 3.89. The molecule has 0 amide bonds. The average Bonchev–Trinajstić information content (AvgIpc) is 3.03. The zero-order valence-electron chi connectivity index (χ0n) is 15.3. The highest BCUT2D eigenvalue weighted by atomic mass is 16.5. The number of ketones is 1. The molecule has 1 unspecified atom stereocenters. The van der Waals surface area contributed by atoms with Crippen LogP contribution in [0.4, 0.5) is 0 Å². The van der Waals surface area contributed by atoms with Gasteiger partial charge in [-0.3, -0.25) is 9.78 Å². The van der Waals surface area contributed by atoms with Gasteiger partial charge in [0.05, 0.1) is 18.2 Å². The molecule has 1 atom stereocenters. The first-order valence-electron chi connectivity index (χ1n) is 8.33. The SMILES string of the molecule is CC/C(OC)=C(O)\C=C/C(C)/C=C(\C#N)C(=O)c1ccc2[nH]c(=O)oc2c1. The number of carbonyl (C=O) groups excluding carboxylic acids is 1. The number of nitrogens with one attached hydrogen (secondary N) is 1. The second-order valence-electron chi connectivity index (χ2n) is 5.83. The van der Waals surface area contributed by atoms with Crippen molar-refractivity contribution >= 4 is 16.9 Å². The predicted octanol–water partition coefficient (Wildman–Crippen LogP) is 3.77. The number of H-pyrrole nitrogens is 1. The number of hydrogen-bond acceptors (Lipinski definition) is 6. The van der Waals surface area contributed by atoms with Crippen molar-refractivity contribution in [3.05, 3.63) is 69.6 Å². The van der Waals surface area contributed by atoms with Gasteiger partial charge in [-0.25, -0.2) is 4.79 Å². The molecule has 2 aromatic rings. The Labute approximate surface area is 155 Å². The van der Waals surface area contributed by atoms with Crippen molar-refractivity contribution in [2.24, 2.45) is 5.92 Å². The highest BCUT2D eigenvalue weighted by molar-refractivity contribution is 6.12. The number of ether oxygens (including phenoxy) is 1. The highest BCUT2D eigenvalue weighted by Gasteiger charge is 2.15. The van der Waals surface area contributed by atoms with Gasteiger partial charge in [-0.2, -0.15) is 5.26 Å². The van der Waals surface area contributed by atoms with Gasteiger partial charge < -0.3 is 14.3 Å². The van der Waals surface area contributed by atoms with Gasteiger partial charge >= 0.3 is 5.76 Å². The molecule has 0 fully saturated rings. The third-order valence-electron chi connectivity index (χ3n) is 3.89. The highest BCUT2D eigenvalue weighted by Crippen LogP contribution is 2.17. The van der Waals surface area contributed by atoms with Gasteiger partial charge in [0.15, 0.2) is 11.3 Å². The Morgan fingerprint density at radius 1 is 1.48 bits per heavy atom. The summed E-state index contributed by atoms with van der Waals surface area (Å²) in [6, 6.07) is 6.38. The van der Waals surface area contributed by atoms with Gasteiger partial charge in [-0.1, -0.05) is 26.0 Å². The first-order valence-corrected chi connectivity index (χ1v) is 8.33. The van der Waals surface area contributed by atoms with E-state index in [1.807, 2.05) is 13.0 Å². The lowest BCUT2D eigenvalue weighted by Crippen LogP contribution is -2.03. The summed E-state index contributed by atoms with van der Waals surface area (Å²) >= 11 is 0. The largest absolute Gasteiger partial charge is 0.505 e. The van der Waals surface area contributed by atoms with E-state index in [1.54, 1.807) is 19.1 Å². The molecule has 2 rings (SSSR count). The van der Waals surface area contributed by atoms with Gasteiger partial charge in [0.1, 0.15) is 11.8 Å². The fourth-order valence-electron chi connectivity index (χ4n) is 2.49. The van der Waals surface area contributed by atoms with Gasteiger partial charge in [-0.15, -0.1) is 0 Å². The average molecular weight is 368 g/mol. The Bertz CT molecular complexity index is 1020. The number of nitriles is 1. The number of methoxy groups -OCH3 is 1. The molecule has 0 saturated heterocycles. The van der Waals surface area contributed by atoms with Gasteiger partial charge in [0, 0.05) is 12.0 Å². The van der Waals surface area contributed by atoms with E-state index in [0.717, 1.165) is 0 Å². The molecule has 0 aliphatic rings. The van der Waals surface area contributed by atoms with Crippen molar-refractivity contribution in [3.63, 3.8) is 0 Å². The molecular formula is C20H20N2O5. The quantitative estimate of drug-likeness (QED) is 0.253. The number of aliphatic hydroxyl groups excluding tert-OH is 1. The zero-order valence-corrected chi connectivity index (χ0v) is 15.3. The fourth-order valence-corrected chi connectivity index (χ4v) is 2.49. The second kappa shape index (κ2) is 8.72. The van der Waals surface area contributed by atoms with E-state index in [-0.39, 0.29) is 28.4 Å². The maximum atomic E-state index is 12.6. The van der Waals surface area contributed by atoms with Crippen molar-refractivity contribution in [1.29, 1.82) is 5.26 Å². The molecule has 1 heterocycles. The molecule has 7 nitrogen and oxygen atoms in total. The van der Waals surface area contributed by atoms with E-state index in [1.165, 1.54) is 31.4 Å². The Kier molecular flexibility index (Phi) is 6.39. The number of rotatable bonds is 7. The van der Waals surface area contributed by atoms with Crippen molar-refractivity contribution in [2.45, 2.75) is 20.3 Å². The smallest absolute Gasteiger partial charge is 0.417 e. The molecule has 140 valence electrons. The molecule has 2 N–H and O–H groups in total. The van der Waals surface area contributed by atoms with Crippen LogP contribution in [0.25, 0.3) is 11.1 Å². The van der Waals surface area contributed by atoms with E-state index < -0.39 is 11.5 Å². The Morgan fingerprint density at radius 2 is 2.22 bits per heavy atom. The van der Waals surface area contributed by atoms with Crippen molar-refractivity contribution in [1.82, 2.24) is 4.98 Å². The molecule has 0 aliphatic heterocycles. The maximum absolute atomic E-state index is 12.6.